The van der Waals surface area contributed by atoms with Gasteiger partial charge in [0.2, 0.25) is 5.91 Å². The zero-order valence-electron chi connectivity index (χ0n) is 13.6. The summed E-state index contributed by atoms with van der Waals surface area (Å²) in [5, 5.41) is 2.73. The molecule has 0 aromatic heterocycles. The average Bonchev–Trinajstić information content (AvgIpc) is 2.34. The molecular weight excluding hydrogens is 310 g/mol. The first kappa shape index (κ1) is 19.6. The maximum absolute atomic E-state index is 14.2. The average molecular weight is 338 g/mol. The minimum Gasteiger partial charge on any atom is -0.368 e. The van der Waals surface area contributed by atoms with Crippen LogP contribution in [0.4, 0.5) is 8.78 Å². The molecule has 1 aliphatic rings. The minimum absolute atomic E-state index is 0.0276. The predicted octanol–water partition coefficient (Wildman–Crippen LogP) is 2.54. The summed E-state index contributed by atoms with van der Waals surface area (Å²) in [5.74, 6) is -3.57. The van der Waals surface area contributed by atoms with Crippen molar-refractivity contribution < 1.29 is 18.3 Å². The van der Waals surface area contributed by atoms with Crippen LogP contribution in [0.3, 0.4) is 0 Å². The van der Waals surface area contributed by atoms with Gasteiger partial charge in [0.25, 0.3) is 5.92 Å². The Morgan fingerprint density at radius 2 is 2.14 bits per heavy atom. The highest BCUT2D eigenvalue weighted by molar-refractivity contribution is 7.80. The number of halogens is 2. The molecule has 1 rings (SSSR count). The van der Waals surface area contributed by atoms with Crippen molar-refractivity contribution in [3.8, 4) is 0 Å². The van der Waals surface area contributed by atoms with Crippen LogP contribution in [0.25, 0.3) is 0 Å². The first-order chi connectivity index (χ1) is 10.2. The van der Waals surface area contributed by atoms with Crippen molar-refractivity contribution >= 4 is 18.5 Å². The number of ether oxygens (including phenoxy) is 1. The first-order valence-electron chi connectivity index (χ1n) is 7.90. The number of amides is 1. The summed E-state index contributed by atoms with van der Waals surface area (Å²) in [7, 11) is 0. The van der Waals surface area contributed by atoms with Gasteiger partial charge in [-0.2, -0.15) is 0 Å². The van der Waals surface area contributed by atoms with Crippen molar-refractivity contribution in [2.24, 2.45) is 5.92 Å². The summed E-state index contributed by atoms with van der Waals surface area (Å²) < 4.78 is 33.6. The zero-order chi connectivity index (χ0) is 16.8. The molecule has 1 aliphatic heterocycles. The highest BCUT2D eigenvalue weighted by Gasteiger charge is 2.44. The Hall–Kier alpha value is -0.400. The second-order valence-electron chi connectivity index (χ2n) is 6.29. The van der Waals surface area contributed by atoms with Gasteiger partial charge in [-0.25, -0.2) is 8.78 Å². The number of carbonyl (C=O) groups excluding carboxylic acids is 1. The molecule has 1 amide bonds. The molecule has 1 unspecified atom stereocenters. The van der Waals surface area contributed by atoms with Gasteiger partial charge in [0.1, 0.15) is 0 Å². The van der Waals surface area contributed by atoms with Gasteiger partial charge < -0.3 is 10.1 Å². The fraction of sp³-hybridized carbons (Fsp3) is 0.933. The van der Waals surface area contributed by atoms with Crippen LogP contribution in [0.5, 0.6) is 0 Å². The molecule has 1 fully saturated rings. The van der Waals surface area contributed by atoms with Crippen LogP contribution >= 0.6 is 12.6 Å². The predicted molar refractivity (Wildman–Crippen MR) is 86.4 cm³/mol. The molecule has 1 heterocycles. The van der Waals surface area contributed by atoms with Gasteiger partial charge >= 0.3 is 0 Å². The number of hydrogen-bond donors (Lipinski definition) is 2. The Labute approximate surface area is 137 Å². The summed E-state index contributed by atoms with van der Waals surface area (Å²) in [6.07, 6.45) is 1.47. The monoisotopic (exact) mass is 338 g/mol. The van der Waals surface area contributed by atoms with Crippen molar-refractivity contribution in [1.82, 2.24) is 10.2 Å². The summed E-state index contributed by atoms with van der Waals surface area (Å²) in [6, 6.07) is 0.0276. The SMILES string of the molecule is CC(C)NC(=O)CN1CC[C@H](CCCOC(C)S)C(F)(F)C1. The molecule has 130 valence electrons. The molecule has 0 aliphatic carbocycles. The zero-order valence-corrected chi connectivity index (χ0v) is 14.5. The lowest BCUT2D eigenvalue weighted by Crippen LogP contribution is -2.51. The van der Waals surface area contributed by atoms with Gasteiger partial charge in [-0.1, -0.05) is 0 Å². The number of piperidine rings is 1. The molecule has 0 aromatic rings. The highest BCUT2D eigenvalue weighted by Crippen LogP contribution is 2.35. The largest absolute Gasteiger partial charge is 0.368 e. The number of rotatable bonds is 8. The van der Waals surface area contributed by atoms with Crippen molar-refractivity contribution in [2.75, 3.05) is 26.2 Å². The molecule has 7 heteroatoms. The third-order valence-corrected chi connectivity index (χ3v) is 3.85. The maximum atomic E-state index is 14.2. The molecule has 0 spiro atoms. The molecular formula is C15H28F2N2O2S. The van der Waals surface area contributed by atoms with Gasteiger partial charge in [-0.3, -0.25) is 9.69 Å². The number of nitrogens with zero attached hydrogens (tertiary/aromatic N) is 1. The van der Waals surface area contributed by atoms with Gasteiger partial charge in [0, 0.05) is 18.6 Å². The lowest BCUT2D eigenvalue weighted by Gasteiger charge is -2.38. The van der Waals surface area contributed by atoms with Gasteiger partial charge in [-0.15, -0.1) is 12.6 Å². The smallest absolute Gasteiger partial charge is 0.263 e. The molecule has 22 heavy (non-hydrogen) atoms. The Morgan fingerprint density at radius 3 is 2.68 bits per heavy atom. The fourth-order valence-corrected chi connectivity index (χ4v) is 2.81. The van der Waals surface area contributed by atoms with Crippen molar-refractivity contribution in [3.05, 3.63) is 0 Å². The van der Waals surface area contributed by atoms with E-state index in [1.165, 1.54) is 0 Å². The summed E-state index contributed by atoms with van der Waals surface area (Å²) in [5.41, 5.74) is -0.165. The number of carbonyl (C=O) groups is 1. The van der Waals surface area contributed by atoms with E-state index >= 15 is 0 Å². The summed E-state index contributed by atoms with van der Waals surface area (Å²) in [4.78, 5) is 13.2. The lowest BCUT2D eigenvalue weighted by atomic mass is 9.88. The Balaban J connectivity index is 2.36. The number of nitrogens with one attached hydrogen (secondary N) is 1. The fourth-order valence-electron chi connectivity index (χ4n) is 2.70. The molecule has 2 atom stereocenters. The van der Waals surface area contributed by atoms with E-state index in [1.807, 2.05) is 13.8 Å². The summed E-state index contributed by atoms with van der Waals surface area (Å²) >= 11 is 4.08. The van der Waals surface area contributed by atoms with Crippen LogP contribution in [-0.2, 0) is 9.53 Å². The molecule has 1 N–H and O–H groups in total. The van der Waals surface area contributed by atoms with E-state index in [4.69, 9.17) is 4.74 Å². The Bertz CT molecular complexity index is 354. The Morgan fingerprint density at radius 1 is 1.45 bits per heavy atom. The van der Waals surface area contributed by atoms with E-state index in [-0.39, 0.29) is 30.5 Å². The summed E-state index contributed by atoms with van der Waals surface area (Å²) in [6.45, 7) is 6.21. The number of likely N-dealkylation sites (tertiary alicyclic amines) is 1. The first-order valence-corrected chi connectivity index (χ1v) is 8.41. The highest BCUT2D eigenvalue weighted by atomic mass is 32.1. The van der Waals surface area contributed by atoms with Crippen LogP contribution in [0.2, 0.25) is 0 Å². The van der Waals surface area contributed by atoms with E-state index in [2.05, 4.69) is 17.9 Å². The number of thiol groups is 1. The Kier molecular flexibility index (Phi) is 8.07. The molecule has 0 radical (unpaired) electrons. The van der Waals surface area contributed by atoms with E-state index in [1.54, 1.807) is 11.8 Å². The van der Waals surface area contributed by atoms with Crippen molar-refractivity contribution in [3.63, 3.8) is 0 Å². The molecule has 0 bridgehead atoms. The van der Waals surface area contributed by atoms with Gasteiger partial charge in [0.05, 0.1) is 18.5 Å². The molecule has 4 nitrogen and oxygen atoms in total. The standard InChI is InChI=1S/C15H28F2N2O2S/c1-11(2)18-14(20)9-19-7-6-13(15(16,17)10-19)5-4-8-21-12(3)22/h11-13,22H,4-10H2,1-3H3,(H,18,20)/t12?,13-/m0/s1. The van der Waals surface area contributed by atoms with E-state index in [9.17, 15) is 13.6 Å². The molecule has 0 aromatic carbocycles. The number of hydrogen-bond acceptors (Lipinski definition) is 4. The van der Waals surface area contributed by atoms with Crippen LogP contribution in [0, 0.1) is 5.92 Å². The van der Waals surface area contributed by atoms with E-state index in [0.717, 1.165) is 0 Å². The van der Waals surface area contributed by atoms with Crippen LogP contribution < -0.4 is 5.32 Å². The lowest BCUT2D eigenvalue weighted by molar-refractivity contribution is -0.132. The van der Waals surface area contributed by atoms with Crippen molar-refractivity contribution in [1.29, 1.82) is 0 Å². The molecule has 0 saturated carbocycles. The maximum Gasteiger partial charge on any atom is 0.263 e. The second kappa shape index (κ2) is 9.03. The number of alkyl halides is 2. The van der Waals surface area contributed by atoms with Gasteiger partial charge in [0.15, 0.2) is 0 Å². The second-order valence-corrected chi connectivity index (χ2v) is 7.02. The van der Waals surface area contributed by atoms with Crippen LogP contribution in [-0.4, -0.2) is 54.4 Å². The third kappa shape index (κ3) is 7.24. The van der Waals surface area contributed by atoms with Crippen LogP contribution in [0.1, 0.15) is 40.0 Å². The topological polar surface area (TPSA) is 41.6 Å². The minimum atomic E-state index is -2.75. The van der Waals surface area contributed by atoms with Crippen LogP contribution in [0.15, 0.2) is 0 Å². The third-order valence-electron chi connectivity index (χ3n) is 3.70. The molecule has 1 saturated heterocycles. The van der Waals surface area contributed by atoms with E-state index in [0.29, 0.717) is 32.4 Å². The van der Waals surface area contributed by atoms with Gasteiger partial charge in [-0.05, 0) is 46.6 Å². The normalized spacial score (nSPS) is 23.5. The quantitative estimate of drug-likeness (QED) is 0.406. The van der Waals surface area contributed by atoms with E-state index < -0.39 is 11.8 Å². The van der Waals surface area contributed by atoms with Crippen molar-refractivity contribution in [2.45, 2.75) is 57.4 Å².